The smallest absolute Gasteiger partial charge is 0.0419 e. The maximum Gasteiger partial charge on any atom is 0.0419 e. The van der Waals surface area contributed by atoms with Gasteiger partial charge in [0.25, 0.3) is 0 Å². The first-order chi connectivity index (χ1) is 18.1. The Hall–Kier alpha value is -1.76. The van der Waals surface area contributed by atoms with Crippen LogP contribution in [0.4, 0.5) is 11.4 Å². The number of benzene rings is 2. The first-order valence-electron chi connectivity index (χ1n) is 16.0. The normalized spacial score (nSPS) is 11.5. The quantitative estimate of drug-likeness (QED) is 0.157. The number of aryl methyl sites for hydroxylation is 1. The van der Waals surface area contributed by atoms with Gasteiger partial charge in [0, 0.05) is 11.4 Å². The Morgan fingerprint density at radius 1 is 0.486 bits per heavy atom. The van der Waals surface area contributed by atoms with Crippen LogP contribution in [0.1, 0.15) is 142 Å². The molecule has 0 fully saturated rings. The molecule has 1 nitrogen and oxygen atoms in total. The molecule has 0 amide bonds. The number of anilines is 2. The summed E-state index contributed by atoms with van der Waals surface area (Å²) in [6, 6.07) is 17.6. The van der Waals surface area contributed by atoms with Crippen molar-refractivity contribution in [3.8, 4) is 0 Å². The van der Waals surface area contributed by atoms with Gasteiger partial charge in [-0.05, 0) is 66.8 Å². The molecule has 2 aromatic rings. The van der Waals surface area contributed by atoms with E-state index in [1.165, 1.54) is 127 Å². The molecule has 0 radical (unpaired) electrons. The van der Waals surface area contributed by atoms with Gasteiger partial charge in [-0.2, -0.15) is 0 Å². The van der Waals surface area contributed by atoms with Crippen LogP contribution in [0.15, 0.2) is 48.5 Å². The molecule has 0 atom stereocenters. The third-order valence-electron chi connectivity index (χ3n) is 7.76. The number of hydrogen-bond donors (Lipinski definition) is 1. The Balaban J connectivity index is 1.79. The fourth-order valence-electron chi connectivity index (χ4n) is 5.45. The van der Waals surface area contributed by atoms with E-state index in [0.717, 1.165) is 11.8 Å². The Kier molecular flexibility index (Phi) is 17.2. The SMILES string of the molecule is CC(C)CCCCCCCCCc1cccc(Nc2ccccc2)c1CCCCCCCCCC(C)C. The van der Waals surface area contributed by atoms with Crippen molar-refractivity contribution >= 4 is 11.4 Å². The van der Waals surface area contributed by atoms with E-state index in [-0.39, 0.29) is 0 Å². The first-order valence-corrected chi connectivity index (χ1v) is 16.0. The second-order valence-corrected chi connectivity index (χ2v) is 12.2. The monoisotopic (exact) mass is 505 g/mol. The number of hydrogen-bond acceptors (Lipinski definition) is 1. The first kappa shape index (κ1) is 31.5. The van der Waals surface area contributed by atoms with E-state index in [2.05, 4.69) is 81.5 Å². The lowest BCUT2D eigenvalue weighted by atomic mass is 9.94. The highest BCUT2D eigenvalue weighted by molar-refractivity contribution is 5.64. The number of para-hydroxylation sites is 1. The second kappa shape index (κ2) is 20.2. The average molecular weight is 506 g/mol. The van der Waals surface area contributed by atoms with E-state index in [1.807, 2.05) is 0 Å². The molecular formula is C36H59N. The fraction of sp³-hybridized carbons (Fsp3) is 0.667. The molecule has 2 aromatic carbocycles. The molecule has 0 aliphatic carbocycles. The lowest BCUT2D eigenvalue weighted by Gasteiger charge is -2.17. The molecule has 0 unspecified atom stereocenters. The molecule has 37 heavy (non-hydrogen) atoms. The molecule has 1 heteroatoms. The predicted octanol–water partition coefficient (Wildman–Crippen LogP) is 12.1. The van der Waals surface area contributed by atoms with Crippen molar-refractivity contribution in [3.05, 3.63) is 59.7 Å². The molecule has 2 rings (SSSR count). The molecule has 1 N–H and O–H groups in total. The topological polar surface area (TPSA) is 12.0 Å². The van der Waals surface area contributed by atoms with Crippen LogP contribution in [0.25, 0.3) is 0 Å². The fourth-order valence-corrected chi connectivity index (χ4v) is 5.45. The van der Waals surface area contributed by atoms with Crippen LogP contribution in [-0.2, 0) is 12.8 Å². The van der Waals surface area contributed by atoms with Crippen molar-refractivity contribution in [2.75, 3.05) is 5.32 Å². The summed E-state index contributed by atoms with van der Waals surface area (Å²) in [6.07, 6.45) is 24.7. The summed E-state index contributed by atoms with van der Waals surface area (Å²) in [5, 5.41) is 3.74. The number of rotatable bonds is 22. The molecule has 208 valence electrons. The standard InChI is InChI=1S/C36H59N/c1-31(2)23-16-11-7-5-9-13-18-25-33-26-22-30-36(37-34-27-19-15-20-28-34)35(33)29-21-14-10-6-8-12-17-24-32(3)4/h15,19-20,22,26-28,30-32,37H,5-14,16-18,21,23-25,29H2,1-4H3. The van der Waals surface area contributed by atoms with Gasteiger partial charge in [-0.15, -0.1) is 0 Å². The Morgan fingerprint density at radius 2 is 0.973 bits per heavy atom. The largest absolute Gasteiger partial charge is 0.355 e. The summed E-state index contributed by atoms with van der Waals surface area (Å²) in [5.74, 6) is 1.72. The zero-order valence-corrected chi connectivity index (χ0v) is 25.0. The summed E-state index contributed by atoms with van der Waals surface area (Å²) >= 11 is 0. The van der Waals surface area contributed by atoms with Crippen molar-refractivity contribution < 1.29 is 0 Å². The minimum atomic E-state index is 0.860. The van der Waals surface area contributed by atoms with Gasteiger partial charge >= 0.3 is 0 Å². The third-order valence-corrected chi connectivity index (χ3v) is 7.76. The molecule has 0 saturated heterocycles. The van der Waals surface area contributed by atoms with E-state index in [0.29, 0.717) is 0 Å². The molecular weight excluding hydrogens is 446 g/mol. The maximum atomic E-state index is 3.74. The molecule has 0 saturated carbocycles. The van der Waals surface area contributed by atoms with E-state index >= 15 is 0 Å². The second-order valence-electron chi connectivity index (χ2n) is 12.2. The van der Waals surface area contributed by atoms with Gasteiger partial charge in [0.2, 0.25) is 0 Å². The van der Waals surface area contributed by atoms with Crippen LogP contribution in [0.3, 0.4) is 0 Å². The van der Waals surface area contributed by atoms with E-state index in [9.17, 15) is 0 Å². The lowest BCUT2D eigenvalue weighted by molar-refractivity contribution is 0.508. The summed E-state index contributed by atoms with van der Waals surface area (Å²) in [7, 11) is 0. The maximum absolute atomic E-state index is 3.74. The van der Waals surface area contributed by atoms with Crippen molar-refractivity contribution in [1.29, 1.82) is 0 Å². The van der Waals surface area contributed by atoms with Gasteiger partial charge in [0.1, 0.15) is 0 Å². The van der Waals surface area contributed by atoms with Gasteiger partial charge in [-0.25, -0.2) is 0 Å². The molecule has 0 aliphatic rings. The Bertz CT molecular complexity index is 792. The Morgan fingerprint density at radius 3 is 1.51 bits per heavy atom. The van der Waals surface area contributed by atoms with Crippen LogP contribution >= 0.6 is 0 Å². The summed E-state index contributed by atoms with van der Waals surface area (Å²) in [6.45, 7) is 9.37. The molecule has 0 spiro atoms. The van der Waals surface area contributed by atoms with E-state index < -0.39 is 0 Å². The highest BCUT2D eigenvalue weighted by Crippen LogP contribution is 2.28. The van der Waals surface area contributed by atoms with Crippen LogP contribution in [0.5, 0.6) is 0 Å². The summed E-state index contributed by atoms with van der Waals surface area (Å²) in [4.78, 5) is 0. The minimum Gasteiger partial charge on any atom is -0.355 e. The van der Waals surface area contributed by atoms with Crippen molar-refractivity contribution in [2.45, 2.75) is 143 Å². The molecule has 0 bridgehead atoms. The average Bonchev–Trinajstić information content (AvgIpc) is 2.88. The molecule has 0 aromatic heterocycles. The van der Waals surface area contributed by atoms with Crippen molar-refractivity contribution in [1.82, 2.24) is 0 Å². The van der Waals surface area contributed by atoms with Crippen molar-refractivity contribution in [2.24, 2.45) is 11.8 Å². The van der Waals surface area contributed by atoms with Crippen LogP contribution < -0.4 is 5.32 Å². The van der Waals surface area contributed by atoms with Crippen molar-refractivity contribution in [3.63, 3.8) is 0 Å². The van der Waals surface area contributed by atoms with Gasteiger partial charge in [0.15, 0.2) is 0 Å². The third kappa shape index (κ3) is 15.3. The summed E-state index contributed by atoms with van der Waals surface area (Å²) < 4.78 is 0. The molecule has 0 aliphatic heterocycles. The van der Waals surface area contributed by atoms with Gasteiger partial charge < -0.3 is 5.32 Å². The molecule has 0 heterocycles. The number of unbranched alkanes of at least 4 members (excludes halogenated alkanes) is 12. The summed E-state index contributed by atoms with van der Waals surface area (Å²) in [5.41, 5.74) is 5.66. The zero-order valence-electron chi connectivity index (χ0n) is 25.0. The van der Waals surface area contributed by atoms with Gasteiger partial charge in [-0.1, -0.05) is 148 Å². The van der Waals surface area contributed by atoms with Gasteiger partial charge in [0.05, 0.1) is 0 Å². The van der Waals surface area contributed by atoms with E-state index in [4.69, 9.17) is 0 Å². The van der Waals surface area contributed by atoms with E-state index in [1.54, 1.807) is 11.1 Å². The van der Waals surface area contributed by atoms with Crippen LogP contribution in [0, 0.1) is 11.8 Å². The predicted molar refractivity (Wildman–Crippen MR) is 167 cm³/mol. The minimum absolute atomic E-state index is 0.860. The lowest BCUT2D eigenvalue weighted by Crippen LogP contribution is -2.02. The Labute approximate surface area is 231 Å². The zero-order chi connectivity index (χ0) is 26.6. The van der Waals surface area contributed by atoms with Crippen LogP contribution in [0.2, 0.25) is 0 Å². The highest BCUT2D eigenvalue weighted by Gasteiger charge is 2.09. The van der Waals surface area contributed by atoms with Gasteiger partial charge in [-0.3, -0.25) is 0 Å². The number of nitrogens with one attached hydrogen (secondary N) is 1. The van der Waals surface area contributed by atoms with Crippen LogP contribution in [-0.4, -0.2) is 0 Å². The highest BCUT2D eigenvalue weighted by atomic mass is 14.9.